The minimum atomic E-state index is 0.0376. The number of anilines is 1. The summed E-state index contributed by atoms with van der Waals surface area (Å²) >= 11 is 0. The van der Waals surface area contributed by atoms with Gasteiger partial charge in [-0.15, -0.1) is 0 Å². The number of aromatic nitrogens is 3. The Hall–Kier alpha value is -7.17. The van der Waals surface area contributed by atoms with E-state index in [-0.39, 0.29) is 6.04 Å². The average molecular weight is 689 g/mol. The summed E-state index contributed by atoms with van der Waals surface area (Å²) in [5.74, 6) is 0. The highest BCUT2D eigenvalue weighted by Gasteiger charge is 2.20. The van der Waals surface area contributed by atoms with Crippen molar-refractivity contribution in [3.05, 3.63) is 187 Å². The number of rotatable bonds is 4. The number of pyridine rings is 3. The molecule has 0 radical (unpaired) electrons. The second-order valence-electron chi connectivity index (χ2n) is 14.1. The lowest BCUT2D eigenvalue weighted by Crippen LogP contribution is -2.13. The number of nitrogens with zero attached hydrogens (tertiary/aromatic N) is 3. The van der Waals surface area contributed by atoms with E-state index in [0.717, 1.165) is 77.7 Å². The Morgan fingerprint density at radius 3 is 1.70 bits per heavy atom. The lowest BCUT2D eigenvalue weighted by atomic mass is 9.94. The van der Waals surface area contributed by atoms with Gasteiger partial charge in [0.1, 0.15) is 0 Å². The molecule has 4 heterocycles. The summed E-state index contributed by atoms with van der Waals surface area (Å²) in [5.41, 5.74) is 12.2. The van der Waals surface area contributed by atoms with Crippen LogP contribution in [0, 0.1) is 0 Å². The summed E-state index contributed by atoms with van der Waals surface area (Å²) in [7, 11) is 0. The van der Waals surface area contributed by atoms with E-state index in [1.807, 2.05) is 0 Å². The molecular weight excluding hydrogens is 657 g/mol. The lowest BCUT2D eigenvalue weighted by molar-refractivity contribution is 0.993. The Labute approximate surface area is 312 Å². The SMILES string of the molecule is C1=CC(c2cccc3ccccc23)Nc2c1ccc1ccc(-c3cccc(-c4ccc5ccc6ccc(-c7cccc8ccccc78)nc6c5n4)c3)nc21. The van der Waals surface area contributed by atoms with Crippen LogP contribution in [0.25, 0.3) is 94.1 Å². The van der Waals surface area contributed by atoms with Gasteiger partial charge in [-0.3, -0.25) is 0 Å². The van der Waals surface area contributed by atoms with Crippen molar-refractivity contribution in [2.45, 2.75) is 6.04 Å². The third-order valence-corrected chi connectivity index (χ3v) is 10.9. The first-order chi connectivity index (χ1) is 26.7. The summed E-state index contributed by atoms with van der Waals surface area (Å²) in [6.45, 7) is 0. The van der Waals surface area contributed by atoms with Gasteiger partial charge in [-0.25, -0.2) is 15.0 Å². The maximum absolute atomic E-state index is 5.31. The highest BCUT2D eigenvalue weighted by atomic mass is 14.9. The minimum absolute atomic E-state index is 0.0376. The van der Waals surface area contributed by atoms with Gasteiger partial charge in [0.2, 0.25) is 0 Å². The van der Waals surface area contributed by atoms with Crippen molar-refractivity contribution in [1.29, 1.82) is 0 Å². The molecule has 54 heavy (non-hydrogen) atoms. The van der Waals surface area contributed by atoms with E-state index in [4.69, 9.17) is 15.0 Å². The molecule has 0 saturated carbocycles. The van der Waals surface area contributed by atoms with Gasteiger partial charge in [0.05, 0.1) is 45.4 Å². The summed E-state index contributed by atoms with van der Waals surface area (Å²) in [6.07, 6.45) is 4.48. The highest BCUT2D eigenvalue weighted by molar-refractivity contribution is 6.05. The van der Waals surface area contributed by atoms with Crippen LogP contribution in [0.4, 0.5) is 5.69 Å². The van der Waals surface area contributed by atoms with E-state index < -0.39 is 0 Å². The molecule has 1 aliphatic heterocycles. The second kappa shape index (κ2) is 12.2. The maximum atomic E-state index is 5.31. The largest absolute Gasteiger partial charge is 0.372 e. The zero-order valence-corrected chi connectivity index (χ0v) is 29.2. The molecule has 0 saturated heterocycles. The van der Waals surface area contributed by atoms with Crippen LogP contribution in [-0.4, -0.2) is 15.0 Å². The fourth-order valence-corrected chi connectivity index (χ4v) is 8.13. The van der Waals surface area contributed by atoms with Crippen molar-refractivity contribution in [2.24, 2.45) is 0 Å². The molecule has 0 spiro atoms. The Morgan fingerprint density at radius 2 is 0.944 bits per heavy atom. The standard InChI is InChI=1S/C50H32N4/c1-3-14-39-31(8-1)10-6-16-41(39)45-28-24-35-20-18-33-22-26-43(51-47(33)49(35)53-45)37-12-5-13-38(30-37)44-27-23-34-19-21-36-25-29-46(54-50(36)48(34)52-44)42-17-7-11-32-9-2-4-15-40(32)42/h1-30,45,53H. The van der Waals surface area contributed by atoms with Gasteiger partial charge in [0.25, 0.3) is 0 Å². The van der Waals surface area contributed by atoms with Gasteiger partial charge in [0.15, 0.2) is 0 Å². The van der Waals surface area contributed by atoms with Gasteiger partial charge in [0, 0.05) is 32.8 Å². The number of hydrogen-bond donors (Lipinski definition) is 1. The zero-order chi connectivity index (χ0) is 35.6. The molecule has 1 atom stereocenters. The van der Waals surface area contributed by atoms with Crippen molar-refractivity contribution in [3.63, 3.8) is 0 Å². The van der Waals surface area contributed by atoms with Gasteiger partial charge >= 0.3 is 0 Å². The van der Waals surface area contributed by atoms with Crippen LogP contribution in [0.15, 0.2) is 176 Å². The van der Waals surface area contributed by atoms with Crippen LogP contribution in [0.5, 0.6) is 0 Å². The zero-order valence-electron chi connectivity index (χ0n) is 29.2. The molecule has 4 nitrogen and oxygen atoms in total. The lowest BCUT2D eigenvalue weighted by Gasteiger charge is -2.25. The van der Waals surface area contributed by atoms with Crippen molar-refractivity contribution in [2.75, 3.05) is 5.32 Å². The Kier molecular flexibility index (Phi) is 6.89. The fraction of sp³-hybridized carbons (Fsp3) is 0.0200. The van der Waals surface area contributed by atoms with Gasteiger partial charge < -0.3 is 5.32 Å². The first-order valence-corrected chi connectivity index (χ1v) is 18.4. The van der Waals surface area contributed by atoms with Gasteiger partial charge in [-0.05, 0) is 56.9 Å². The minimum Gasteiger partial charge on any atom is -0.372 e. The van der Waals surface area contributed by atoms with Crippen LogP contribution >= 0.6 is 0 Å². The van der Waals surface area contributed by atoms with Crippen molar-refractivity contribution in [3.8, 4) is 33.8 Å². The number of fused-ring (bicyclic) bond motifs is 8. The molecule has 3 aromatic heterocycles. The molecule has 1 unspecified atom stereocenters. The predicted octanol–water partition coefficient (Wildman–Crippen LogP) is 12.8. The van der Waals surface area contributed by atoms with E-state index in [0.29, 0.717) is 0 Å². The first-order valence-electron chi connectivity index (χ1n) is 18.4. The van der Waals surface area contributed by atoms with Crippen LogP contribution in [0.2, 0.25) is 0 Å². The second-order valence-corrected chi connectivity index (χ2v) is 14.1. The Bertz CT molecular complexity index is 3150. The fourth-order valence-electron chi connectivity index (χ4n) is 8.13. The third-order valence-electron chi connectivity index (χ3n) is 10.9. The smallest absolute Gasteiger partial charge is 0.0972 e. The molecule has 1 N–H and O–H groups in total. The molecule has 1 aliphatic rings. The summed E-state index contributed by atoms with van der Waals surface area (Å²) in [4.78, 5) is 15.8. The molecule has 4 heteroatoms. The van der Waals surface area contributed by atoms with Crippen LogP contribution in [0.1, 0.15) is 17.2 Å². The molecule has 0 amide bonds. The number of benzene rings is 7. The van der Waals surface area contributed by atoms with Crippen molar-refractivity contribution < 1.29 is 0 Å². The Balaban J connectivity index is 0.979. The molecule has 252 valence electrons. The molecule has 7 aromatic carbocycles. The highest BCUT2D eigenvalue weighted by Crippen LogP contribution is 2.39. The Morgan fingerprint density at radius 1 is 0.407 bits per heavy atom. The van der Waals surface area contributed by atoms with Gasteiger partial charge in [-0.2, -0.15) is 0 Å². The molecule has 0 bridgehead atoms. The van der Waals surface area contributed by atoms with Crippen molar-refractivity contribution in [1.82, 2.24) is 15.0 Å². The van der Waals surface area contributed by atoms with Crippen LogP contribution in [-0.2, 0) is 0 Å². The van der Waals surface area contributed by atoms with Gasteiger partial charge in [-0.1, -0.05) is 158 Å². The molecule has 0 fully saturated rings. The molecular formula is C50H32N4. The first kappa shape index (κ1) is 30.5. The third kappa shape index (κ3) is 5.03. The summed E-state index contributed by atoms with van der Waals surface area (Å²) < 4.78 is 0. The van der Waals surface area contributed by atoms with E-state index in [2.05, 4.69) is 187 Å². The predicted molar refractivity (Wildman–Crippen MR) is 226 cm³/mol. The number of hydrogen-bond acceptors (Lipinski definition) is 4. The molecule has 11 rings (SSSR count). The quantitative estimate of drug-likeness (QED) is 0.187. The number of nitrogens with one attached hydrogen (secondary N) is 1. The molecule has 10 aromatic rings. The molecule has 0 aliphatic carbocycles. The topological polar surface area (TPSA) is 50.7 Å². The summed E-state index contributed by atoms with van der Waals surface area (Å²) in [6, 6.07) is 60.0. The normalized spacial score (nSPS) is 13.8. The van der Waals surface area contributed by atoms with Crippen LogP contribution in [0.3, 0.4) is 0 Å². The maximum Gasteiger partial charge on any atom is 0.0972 e. The van der Waals surface area contributed by atoms with E-state index in [1.54, 1.807) is 0 Å². The van der Waals surface area contributed by atoms with Crippen LogP contribution < -0.4 is 5.32 Å². The average Bonchev–Trinajstić information content (AvgIpc) is 3.25. The van der Waals surface area contributed by atoms with E-state index >= 15 is 0 Å². The summed E-state index contributed by atoms with van der Waals surface area (Å²) in [5, 5.41) is 12.0. The van der Waals surface area contributed by atoms with E-state index in [1.165, 1.54) is 27.1 Å². The van der Waals surface area contributed by atoms with E-state index in [9.17, 15) is 0 Å². The monoisotopic (exact) mass is 688 g/mol. The van der Waals surface area contributed by atoms with Crippen molar-refractivity contribution >= 4 is 66.0 Å².